The van der Waals surface area contributed by atoms with Crippen molar-refractivity contribution in [1.29, 1.82) is 0 Å². The van der Waals surface area contributed by atoms with Crippen molar-refractivity contribution in [3.05, 3.63) is 23.7 Å². The van der Waals surface area contributed by atoms with Crippen LogP contribution in [0.4, 0.5) is 0 Å². The van der Waals surface area contributed by atoms with E-state index in [9.17, 15) is 0 Å². The third-order valence-electron chi connectivity index (χ3n) is 1.48. The molecule has 1 aromatic rings. The van der Waals surface area contributed by atoms with E-state index in [0.29, 0.717) is 6.54 Å². The van der Waals surface area contributed by atoms with E-state index in [0.717, 1.165) is 11.3 Å². The van der Waals surface area contributed by atoms with E-state index < -0.39 is 0 Å². The number of H-pyrrole nitrogens is 1. The molecule has 3 nitrogen and oxygen atoms in total. The maximum Gasteiger partial charge on any atom is 0.0765 e. The van der Waals surface area contributed by atoms with Gasteiger partial charge in [-0.15, -0.1) is 0 Å². The number of hydrogen-bond donors (Lipinski definition) is 1. The topological polar surface area (TPSA) is 31.9 Å². The van der Waals surface area contributed by atoms with Gasteiger partial charge in [0.1, 0.15) is 0 Å². The van der Waals surface area contributed by atoms with Crippen LogP contribution >= 0.6 is 11.8 Å². The molecule has 1 N–H and O–H groups in total. The molecule has 0 aromatic carbocycles. The molecule has 0 saturated heterocycles. The average Bonchev–Trinajstić information content (AvgIpc) is 2.33. The Kier molecular flexibility index (Phi) is 1.17. The van der Waals surface area contributed by atoms with Crippen LogP contribution in [-0.2, 0) is 6.54 Å². The number of aromatic nitrogens is 2. The third-order valence-corrected chi connectivity index (χ3v) is 1.71. The molecule has 10 heavy (non-hydrogen) atoms. The lowest BCUT2D eigenvalue weighted by atomic mass is 10.2. The largest absolute Gasteiger partial charge is 0.287 e. The monoisotopic (exact) mass is 155 g/mol. The molecule has 2 heterocycles. The molecule has 0 amide bonds. The molecule has 1 aromatic heterocycles. The van der Waals surface area contributed by atoms with Gasteiger partial charge in [-0.3, -0.25) is 9.52 Å². The molecular weight excluding hydrogens is 150 g/mol. The second-order valence-corrected chi connectivity index (χ2v) is 2.61. The fourth-order valence-electron chi connectivity index (χ4n) is 0.957. The van der Waals surface area contributed by atoms with Gasteiger partial charge < -0.3 is 0 Å². The zero-order chi connectivity index (χ0) is 6.97. The zero-order valence-corrected chi connectivity index (χ0v) is 5.97. The molecule has 52 valence electrons. The zero-order valence-electron chi connectivity index (χ0n) is 5.21. The molecule has 0 bridgehead atoms. The molecule has 0 saturated carbocycles. The molecule has 0 spiro atoms. The normalized spacial score (nSPS) is 15.5. The number of halogens is 1. The Labute approximate surface area is 63.4 Å². The first-order chi connectivity index (χ1) is 4.86. The van der Waals surface area contributed by atoms with Crippen LogP contribution in [0.2, 0.25) is 0 Å². The van der Waals surface area contributed by atoms with Crippen LogP contribution in [0, 0.1) is 0 Å². The van der Waals surface area contributed by atoms with Gasteiger partial charge in [0, 0.05) is 23.5 Å². The van der Waals surface area contributed by atoms with Gasteiger partial charge in [-0.05, 0) is 6.08 Å². The highest BCUT2D eigenvalue weighted by Gasteiger charge is 2.08. The summed E-state index contributed by atoms with van der Waals surface area (Å²) in [4.78, 5) is 0. The van der Waals surface area contributed by atoms with Gasteiger partial charge in [0.05, 0.1) is 18.4 Å². The SMILES string of the molecule is ClN1C=Cc2cn[nH]c2C1. The van der Waals surface area contributed by atoms with Gasteiger partial charge in [-0.2, -0.15) is 5.10 Å². The Morgan fingerprint density at radius 3 is 3.50 bits per heavy atom. The Balaban J connectivity index is 2.43. The number of nitrogens with zero attached hydrogens (tertiary/aromatic N) is 2. The van der Waals surface area contributed by atoms with Crippen molar-refractivity contribution in [2.24, 2.45) is 0 Å². The lowest BCUT2D eigenvalue weighted by molar-refractivity contribution is 0.581. The van der Waals surface area contributed by atoms with Gasteiger partial charge in [0.25, 0.3) is 0 Å². The minimum Gasteiger partial charge on any atom is -0.287 e. The number of hydrogen-bond acceptors (Lipinski definition) is 2. The van der Waals surface area contributed by atoms with Crippen molar-refractivity contribution in [2.75, 3.05) is 0 Å². The van der Waals surface area contributed by atoms with Crippen molar-refractivity contribution < 1.29 is 0 Å². The molecule has 1 aliphatic heterocycles. The Morgan fingerprint density at radius 2 is 2.60 bits per heavy atom. The van der Waals surface area contributed by atoms with Gasteiger partial charge in [-0.25, -0.2) is 0 Å². The summed E-state index contributed by atoms with van der Waals surface area (Å²) in [6.45, 7) is 0.702. The number of aromatic amines is 1. The fourth-order valence-corrected chi connectivity index (χ4v) is 1.13. The van der Waals surface area contributed by atoms with Crippen LogP contribution in [-0.4, -0.2) is 14.6 Å². The second kappa shape index (κ2) is 2.02. The van der Waals surface area contributed by atoms with E-state index in [1.165, 1.54) is 0 Å². The van der Waals surface area contributed by atoms with Crippen molar-refractivity contribution >= 4 is 17.9 Å². The van der Waals surface area contributed by atoms with Crippen LogP contribution < -0.4 is 0 Å². The minimum atomic E-state index is 0.702. The van der Waals surface area contributed by atoms with E-state index in [-0.39, 0.29) is 0 Å². The first kappa shape index (κ1) is 5.80. The summed E-state index contributed by atoms with van der Waals surface area (Å²) < 4.78 is 1.58. The van der Waals surface area contributed by atoms with E-state index in [2.05, 4.69) is 10.2 Å². The van der Waals surface area contributed by atoms with Crippen LogP contribution in [0.5, 0.6) is 0 Å². The smallest absolute Gasteiger partial charge is 0.0765 e. The maximum absolute atomic E-state index is 5.70. The van der Waals surface area contributed by atoms with Crippen molar-refractivity contribution in [3.8, 4) is 0 Å². The van der Waals surface area contributed by atoms with Crippen molar-refractivity contribution in [3.63, 3.8) is 0 Å². The van der Waals surface area contributed by atoms with E-state index in [1.807, 2.05) is 12.3 Å². The Morgan fingerprint density at radius 1 is 1.70 bits per heavy atom. The molecule has 0 unspecified atom stereocenters. The summed E-state index contributed by atoms with van der Waals surface area (Å²) in [5.41, 5.74) is 2.19. The first-order valence-corrected chi connectivity index (χ1v) is 3.33. The van der Waals surface area contributed by atoms with Crippen LogP contribution in [0.3, 0.4) is 0 Å². The van der Waals surface area contributed by atoms with Crippen LogP contribution in [0.25, 0.3) is 6.08 Å². The first-order valence-electron chi connectivity index (χ1n) is 2.99. The fraction of sp³-hybridized carbons (Fsp3) is 0.167. The summed E-state index contributed by atoms with van der Waals surface area (Å²) in [5, 5.41) is 6.74. The van der Waals surface area contributed by atoms with E-state index in [4.69, 9.17) is 11.8 Å². The summed E-state index contributed by atoms with van der Waals surface area (Å²) in [6, 6.07) is 0. The second-order valence-electron chi connectivity index (χ2n) is 2.18. The van der Waals surface area contributed by atoms with Gasteiger partial charge in [-0.1, -0.05) is 0 Å². The summed E-state index contributed by atoms with van der Waals surface area (Å²) in [6.07, 6.45) is 5.53. The summed E-state index contributed by atoms with van der Waals surface area (Å²) >= 11 is 5.70. The lowest BCUT2D eigenvalue weighted by Gasteiger charge is -2.13. The minimum absolute atomic E-state index is 0.702. The molecular formula is C6H6ClN3. The maximum atomic E-state index is 5.70. The van der Waals surface area contributed by atoms with E-state index >= 15 is 0 Å². The highest BCUT2D eigenvalue weighted by Crippen LogP contribution is 2.17. The van der Waals surface area contributed by atoms with Crippen molar-refractivity contribution in [2.45, 2.75) is 6.54 Å². The van der Waals surface area contributed by atoms with Crippen molar-refractivity contribution in [1.82, 2.24) is 14.6 Å². The summed E-state index contributed by atoms with van der Waals surface area (Å²) in [7, 11) is 0. The molecule has 2 rings (SSSR count). The Hall–Kier alpha value is -0.960. The number of rotatable bonds is 0. The molecule has 1 aliphatic rings. The van der Waals surface area contributed by atoms with Crippen LogP contribution in [0.1, 0.15) is 11.3 Å². The van der Waals surface area contributed by atoms with E-state index in [1.54, 1.807) is 10.6 Å². The Bertz CT molecular complexity index is 266. The summed E-state index contributed by atoms with van der Waals surface area (Å²) in [5.74, 6) is 0. The van der Waals surface area contributed by atoms with Gasteiger partial charge in [0.2, 0.25) is 0 Å². The standard InChI is InChI=1S/C6H6ClN3/c7-10-2-1-5-3-8-9-6(5)4-10/h1-3H,4H2,(H,8,9). The number of nitrogens with one attached hydrogen (secondary N) is 1. The third kappa shape index (κ3) is 0.789. The molecule has 0 fully saturated rings. The quantitative estimate of drug-likeness (QED) is 0.574. The number of fused-ring (bicyclic) bond motifs is 1. The lowest BCUT2D eigenvalue weighted by Crippen LogP contribution is -2.08. The average molecular weight is 156 g/mol. The highest BCUT2D eigenvalue weighted by atomic mass is 35.5. The highest BCUT2D eigenvalue weighted by molar-refractivity contribution is 6.14. The predicted octanol–water partition coefficient (Wildman–Crippen LogP) is 1.35. The van der Waals surface area contributed by atoms with Gasteiger partial charge >= 0.3 is 0 Å². The molecule has 4 heteroatoms. The van der Waals surface area contributed by atoms with Crippen LogP contribution in [0.15, 0.2) is 12.4 Å². The molecule has 0 atom stereocenters. The molecule has 0 radical (unpaired) electrons. The molecule has 0 aliphatic carbocycles. The predicted molar refractivity (Wildman–Crippen MR) is 39.0 cm³/mol. The van der Waals surface area contributed by atoms with Gasteiger partial charge in [0.15, 0.2) is 0 Å².